The fourth-order valence-electron chi connectivity index (χ4n) is 2.83. The molecule has 0 bridgehead atoms. The molecule has 0 radical (unpaired) electrons. The van der Waals surface area contributed by atoms with E-state index in [1.165, 1.54) is 18.4 Å². The SMILES string of the molecule is COc1cc(CC2CCCNC2)ccc1OC1COC1. The highest BCUT2D eigenvalue weighted by Crippen LogP contribution is 2.31. The molecule has 0 aromatic heterocycles. The Hall–Kier alpha value is -1.26. The van der Waals surface area contributed by atoms with Crippen molar-refractivity contribution in [1.82, 2.24) is 5.32 Å². The second-order valence-corrected chi connectivity index (χ2v) is 5.68. The van der Waals surface area contributed by atoms with E-state index in [1.807, 2.05) is 6.07 Å². The number of methoxy groups -OCH3 is 1. The summed E-state index contributed by atoms with van der Waals surface area (Å²) in [6.07, 6.45) is 3.88. The zero-order chi connectivity index (χ0) is 13.8. The van der Waals surface area contributed by atoms with E-state index >= 15 is 0 Å². The van der Waals surface area contributed by atoms with Gasteiger partial charge in [-0.05, 0) is 56.0 Å². The van der Waals surface area contributed by atoms with Crippen LogP contribution in [0.1, 0.15) is 18.4 Å². The molecule has 1 unspecified atom stereocenters. The molecule has 2 saturated heterocycles. The van der Waals surface area contributed by atoms with Crippen LogP contribution in [-0.2, 0) is 11.2 Å². The molecule has 1 atom stereocenters. The van der Waals surface area contributed by atoms with Gasteiger partial charge in [0.1, 0.15) is 6.10 Å². The maximum absolute atomic E-state index is 5.85. The molecule has 0 saturated carbocycles. The Morgan fingerprint density at radius 1 is 1.30 bits per heavy atom. The Balaban J connectivity index is 1.65. The quantitative estimate of drug-likeness (QED) is 0.894. The molecule has 1 aromatic rings. The van der Waals surface area contributed by atoms with Gasteiger partial charge in [-0.2, -0.15) is 0 Å². The summed E-state index contributed by atoms with van der Waals surface area (Å²) in [6, 6.07) is 6.30. The van der Waals surface area contributed by atoms with E-state index in [0.29, 0.717) is 13.2 Å². The van der Waals surface area contributed by atoms with E-state index in [2.05, 4.69) is 17.4 Å². The third kappa shape index (κ3) is 3.25. The average Bonchev–Trinajstić information content (AvgIpc) is 2.45. The highest BCUT2D eigenvalue weighted by Gasteiger charge is 2.22. The highest BCUT2D eigenvalue weighted by molar-refractivity contribution is 5.43. The molecule has 0 aliphatic carbocycles. The molecular formula is C16H23NO3. The number of benzene rings is 1. The lowest BCUT2D eigenvalue weighted by Crippen LogP contribution is -2.38. The third-order valence-electron chi connectivity index (χ3n) is 4.05. The van der Waals surface area contributed by atoms with Gasteiger partial charge in [0.25, 0.3) is 0 Å². The molecule has 2 aliphatic rings. The maximum Gasteiger partial charge on any atom is 0.161 e. The smallest absolute Gasteiger partial charge is 0.161 e. The van der Waals surface area contributed by atoms with Gasteiger partial charge in [-0.15, -0.1) is 0 Å². The number of hydrogen-bond acceptors (Lipinski definition) is 4. The predicted octanol–water partition coefficient (Wildman–Crippen LogP) is 2.01. The molecule has 1 aromatic carbocycles. The lowest BCUT2D eigenvalue weighted by atomic mass is 9.92. The van der Waals surface area contributed by atoms with E-state index in [9.17, 15) is 0 Å². The van der Waals surface area contributed by atoms with Crippen molar-refractivity contribution in [2.24, 2.45) is 5.92 Å². The molecule has 1 N–H and O–H groups in total. The number of rotatable bonds is 5. The summed E-state index contributed by atoms with van der Waals surface area (Å²) < 4.78 is 16.5. The molecule has 20 heavy (non-hydrogen) atoms. The van der Waals surface area contributed by atoms with Crippen molar-refractivity contribution in [3.63, 3.8) is 0 Å². The summed E-state index contributed by atoms with van der Waals surface area (Å²) in [6.45, 7) is 3.65. The second kappa shape index (κ2) is 6.46. The van der Waals surface area contributed by atoms with Gasteiger partial charge in [0.15, 0.2) is 11.5 Å². The lowest BCUT2D eigenvalue weighted by molar-refractivity contribution is -0.0803. The minimum absolute atomic E-state index is 0.178. The van der Waals surface area contributed by atoms with E-state index in [4.69, 9.17) is 14.2 Å². The molecule has 110 valence electrons. The Morgan fingerprint density at radius 2 is 2.20 bits per heavy atom. The Kier molecular flexibility index (Phi) is 4.43. The van der Waals surface area contributed by atoms with Crippen molar-refractivity contribution in [2.45, 2.75) is 25.4 Å². The molecular weight excluding hydrogens is 254 g/mol. The van der Waals surface area contributed by atoms with Gasteiger partial charge in [-0.1, -0.05) is 6.07 Å². The van der Waals surface area contributed by atoms with Crippen molar-refractivity contribution in [1.29, 1.82) is 0 Å². The zero-order valence-corrected chi connectivity index (χ0v) is 12.1. The molecule has 0 amide bonds. The molecule has 4 nitrogen and oxygen atoms in total. The Bertz CT molecular complexity index is 439. The van der Waals surface area contributed by atoms with E-state index in [-0.39, 0.29) is 6.10 Å². The van der Waals surface area contributed by atoms with Gasteiger partial charge >= 0.3 is 0 Å². The first kappa shape index (κ1) is 13.7. The van der Waals surface area contributed by atoms with Crippen LogP contribution in [0, 0.1) is 5.92 Å². The summed E-state index contributed by atoms with van der Waals surface area (Å²) >= 11 is 0. The number of hydrogen-bond donors (Lipinski definition) is 1. The van der Waals surface area contributed by atoms with Crippen molar-refractivity contribution in [3.8, 4) is 11.5 Å². The fourth-order valence-corrected chi connectivity index (χ4v) is 2.83. The van der Waals surface area contributed by atoms with Gasteiger partial charge in [-0.25, -0.2) is 0 Å². The standard InChI is InChI=1S/C16H23NO3/c1-18-16-8-12(7-13-3-2-6-17-9-13)4-5-15(16)20-14-10-19-11-14/h4-5,8,13-14,17H,2-3,6-7,9-11H2,1H3. The van der Waals surface area contributed by atoms with Crippen LogP contribution in [-0.4, -0.2) is 39.5 Å². The van der Waals surface area contributed by atoms with E-state index in [1.54, 1.807) is 7.11 Å². The van der Waals surface area contributed by atoms with Crippen molar-refractivity contribution in [2.75, 3.05) is 33.4 Å². The normalized spacial score (nSPS) is 23.1. The summed E-state index contributed by atoms with van der Waals surface area (Å²) in [5.74, 6) is 2.39. The van der Waals surface area contributed by atoms with Gasteiger partial charge in [-0.3, -0.25) is 0 Å². The van der Waals surface area contributed by atoms with Crippen LogP contribution in [0.4, 0.5) is 0 Å². The summed E-state index contributed by atoms with van der Waals surface area (Å²) in [5.41, 5.74) is 1.33. The van der Waals surface area contributed by atoms with Gasteiger partial charge in [0.05, 0.1) is 20.3 Å². The fraction of sp³-hybridized carbons (Fsp3) is 0.625. The summed E-state index contributed by atoms with van der Waals surface area (Å²) in [7, 11) is 1.70. The number of nitrogens with one attached hydrogen (secondary N) is 1. The van der Waals surface area contributed by atoms with E-state index in [0.717, 1.165) is 36.9 Å². The topological polar surface area (TPSA) is 39.7 Å². The first-order valence-electron chi connectivity index (χ1n) is 7.47. The number of piperidine rings is 1. The first-order chi connectivity index (χ1) is 9.85. The van der Waals surface area contributed by atoms with Crippen LogP contribution < -0.4 is 14.8 Å². The zero-order valence-electron chi connectivity index (χ0n) is 12.1. The maximum atomic E-state index is 5.85. The van der Waals surface area contributed by atoms with Crippen molar-refractivity contribution < 1.29 is 14.2 Å². The first-order valence-corrected chi connectivity index (χ1v) is 7.47. The van der Waals surface area contributed by atoms with Gasteiger partial charge in [0, 0.05) is 0 Å². The van der Waals surface area contributed by atoms with Crippen molar-refractivity contribution >= 4 is 0 Å². The van der Waals surface area contributed by atoms with E-state index < -0.39 is 0 Å². The minimum atomic E-state index is 0.178. The van der Waals surface area contributed by atoms with Gasteiger partial charge < -0.3 is 19.5 Å². The summed E-state index contributed by atoms with van der Waals surface area (Å²) in [4.78, 5) is 0. The molecule has 3 rings (SSSR count). The molecule has 2 aliphatic heterocycles. The largest absolute Gasteiger partial charge is 0.493 e. The van der Waals surface area contributed by atoms with Gasteiger partial charge in [0.2, 0.25) is 0 Å². The second-order valence-electron chi connectivity index (χ2n) is 5.68. The highest BCUT2D eigenvalue weighted by atomic mass is 16.6. The average molecular weight is 277 g/mol. The predicted molar refractivity (Wildman–Crippen MR) is 77.5 cm³/mol. The number of ether oxygens (including phenoxy) is 3. The van der Waals surface area contributed by atoms with Crippen LogP contribution in [0.25, 0.3) is 0 Å². The molecule has 2 fully saturated rings. The molecule has 4 heteroatoms. The van der Waals surface area contributed by atoms with Crippen LogP contribution in [0.5, 0.6) is 11.5 Å². The Labute approximate surface area is 120 Å². The molecule has 0 spiro atoms. The van der Waals surface area contributed by atoms with Crippen LogP contribution in [0.3, 0.4) is 0 Å². The van der Waals surface area contributed by atoms with Crippen LogP contribution in [0.2, 0.25) is 0 Å². The third-order valence-corrected chi connectivity index (χ3v) is 4.05. The summed E-state index contributed by atoms with van der Waals surface area (Å²) in [5, 5.41) is 3.47. The Morgan fingerprint density at radius 3 is 2.85 bits per heavy atom. The monoisotopic (exact) mass is 277 g/mol. The minimum Gasteiger partial charge on any atom is -0.493 e. The van der Waals surface area contributed by atoms with Crippen LogP contribution >= 0.6 is 0 Å². The van der Waals surface area contributed by atoms with Crippen molar-refractivity contribution in [3.05, 3.63) is 23.8 Å². The molecule has 2 heterocycles. The lowest BCUT2D eigenvalue weighted by Gasteiger charge is -2.27. The van der Waals surface area contributed by atoms with Crippen LogP contribution in [0.15, 0.2) is 18.2 Å².